The monoisotopic (exact) mass is 366 g/mol. The normalized spacial score (nSPS) is 20.6. The van der Waals surface area contributed by atoms with Crippen molar-refractivity contribution in [2.75, 3.05) is 26.7 Å². The standard InChI is InChI=1S/C12H19BrN2O4S/c1-3-14-7-10-6-11(12(13)19-10)20(16,17)15-5-4-9(8-15)18-2/h6,9,14H,3-5,7-8H2,1-2H3. The number of methoxy groups -OCH3 is 1. The quantitative estimate of drug-likeness (QED) is 0.826. The number of hydrogen-bond acceptors (Lipinski definition) is 5. The number of rotatable bonds is 6. The van der Waals surface area contributed by atoms with Gasteiger partial charge in [-0.3, -0.25) is 0 Å². The molecular weight excluding hydrogens is 348 g/mol. The number of ether oxygens (including phenoxy) is 1. The summed E-state index contributed by atoms with van der Waals surface area (Å²) in [6.45, 7) is 4.14. The number of nitrogens with zero attached hydrogens (tertiary/aromatic N) is 1. The molecule has 8 heteroatoms. The molecule has 1 saturated heterocycles. The van der Waals surface area contributed by atoms with Gasteiger partial charge >= 0.3 is 0 Å². The second-order valence-corrected chi connectivity index (χ2v) is 7.27. The van der Waals surface area contributed by atoms with Crippen molar-refractivity contribution >= 4 is 26.0 Å². The molecule has 0 radical (unpaired) electrons. The molecule has 1 aromatic heterocycles. The Morgan fingerprint density at radius 2 is 2.35 bits per heavy atom. The molecule has 0 saturated carbocycles. The van der Waals surface area contributed by atoms with Gasteiger partial charge in [0.1, 0.15) is 10.7 Å². The molecule has 6 nitrogen and oxygen atoms in total. The van der Waals surface area contributed by atoms with Crippen LogP contribution in [0.15, 0.2) is 20.0 Å². The summed E-state index contributed by atoms with van der Waals surface area (Å²) in [6, 6.07) is 1.57. The minimum absolute atomic E-state index is 0.0309. The SMILES string of the molecule is CCNCc1cc(S(=O)(=O)N2CCC(OC)C2)c(Br)o1. The summed E-state index contributed by atoms with van der Waals surface area (Å²) in [6.07, 6.45) is 0.687. The highest BCUT2D eigenvalue weighted by Crippen LogP contribution is 2.30. The minimum Gasteiger partial charge on any atom is -0.452 e. The van der Waals surface area contributed by atoms with Gasteiger partial charge in [-0.2, -0.15) is 4.31 Å². The van der Waals surface area contributed by atoms with Gasteiger partial charge in [0, 0.05) is 26.3 Å². The van der Waals surface area contributed by atoms with E-state index in [2.05, 4.69) is 21.2 Å². The molecule has 1 N–H and O–H groups in total. The molecule has 1 aliphatic heterocycles. The molecule has 114 valence electrons. The molecule has 1 aliphatic rings. The Kier molecular flexibility index (Phi) is 5.25. The number of hydrogen-bond donors (Lipinski definition) is 1. The first-order valence-corrected chi connectivity index (χ1v) is 8.74. The van der Waals surface area contributed by atoms with E-state index >= 15 is 0 Å². The fourth-order valence-corrected chi connectivity index (χ4v) is 4.60. The molecule has 2 heterocycles. The third kappa shape index (κ3) is 3.25. The zero-order valence-corrected chi connectivity index (χ0v) is 14.0. The van der Waals surface area contributed by atoms with Gasteiger partial charge in [-0.05, 0) is 28.9 Å². The lowest BCUT2D eigenvalue weighted by molar-refractivity contribution is 0.115. The van der Waals surface area contributed by atoms with Crippen molar-refractivity contribution in [1.29, 1.82) is 0 Å². The van der Waals surface area contributed by atoms with E-state index in [1.54, 1.807) is 13.2 Å². The van der Waals surface area contributed by atoms with Crippen LogP contribution in [0.3, 0.4) is 0 Å². The van der Waals surface area contributed by atoms with Crippen LogP contribution in [0.5, 0.6) is 0 Å². The highest BCUT2D eigenvalue weighted by Gasteiger charge is 2.35. The van der Waals surface area contributed by atoms with E-state index in [1.807, 2.05) is 6.92 Å². The van der Waals surface area contributed by atoms with E-state index < -0.39 is 10.0 Å². The molecule has 0 spiro atoms. The summed E-state index contributed by atoms with van der Waals surface area (Å²) < 4.78 is 37.5. The second kappa shape index (κ2) is 6.57. The van der Waals surface area contributed by atoms with Crippen LogP contribution in [0.4, 0.5) is 0 Å². The van der Waals surface area contributed by atoms with Crippen LogP contribution in [-0.4, -0.2) is 45.6 Å². The predicted octanol–water partition coefficient (Wildman–Crippen LogP) is 1.56. The Morgan fingerprint density at radius 1 is 1.60 bits per heavy atom. The lowest BCUT2D eigenvalue weighted by Crippen LogP contribution is -2.30. The maximum absolute atomic E-state index is 12.6. The first-order valence-electron chi connectivity index (χ1n) is 6.51. The summed E-state index contributed by atoms with van der Waals surface area (Å²) in [4.78, 5) is 0.183. The van der Waals surface area contributed by atoms with E-state index in [4.69, 9.17) is 9.15 Å². The van der Waals surface area contributed by atoms with E-state index in [0.29, 0.717) is 25.4 Å². The van der Waals surface area contributed by atoms with E-state index in [1.165, 1.54) is 4.31 Å². The third-order valence-electron chi connectivity index (χ3n) is 3.31. The van der Waals surface area contributed by atoms with Gasteiger partial charge in [-0.1, -0.05) is 6.92 Å². The van der Waals surface area contributed by atoms with Gasteiger partial charge in [0.25, 0.3) is 0 Å². The number of halogens is 1. The zero-order chi connectivity index (χ0) is 14.8. The molecular formula is C12H19BrN2O4S. The summed E-state index contributed by atoms with van der Waals surface area (Å²) in [5.41, 5.74) is 0. The molecule has 0 amide bonds. The molecule has 2 rings (SSSR count). The number of furan rings is 1. The summed E-state index contributed by atoms with van der Waals surface area (Å²) in [7, 11) is -1.93. The highest BCUT2D eigenvalue weighted by atomic mass is 79.9. The highest BCUT2D eigenvalue weighted by molar-refractivity contribution is 9.10. The summed E-state index contributed by atoms with van der Waals surface area (Å²) >= 11 is 3.19. The zero-order valence-electron chi connectivity index (χ0n) is 11.6. The molecule has 0 aliphatic carbocycles. The van der Waals surface area contributed by atoms with Crippen molar-refractivity contribution in [2.24, 2.45) is 0 Å². The first-order chi connectivity index (χ1) is 9.48. The maximum Gasteiger partial charge on any atom is 0.247 e. The lowest BCUT2D eigenvalue weighted by atomic mass is 10.3. The van der Waals surface area contributed by atoms with Gasteiger partial charge in [0.2, 0.25) is 10.0 Å². The molecule has 1 atom stereocenters. The topological polar surface area (TPSA) is 71.8 Å². The Morgan fingerprint density at radius 3 is 2.95 bits per heavy atom. The summed E-state index contributed by atoms with van der Waals surface area (Å²) in [5, 5.41) is 3.10. The van der Waals surface area contributed by atoms with Gasteiger partial charge in [0.05, 0.1) is 12.6 Å². The Balaban J connectivity index is 2.19. The fraction of sp³-hybridized carbons (Fsp3) is 0.667. The third-order valence-corrected chi connectivity index (χ3v) is 6.04. The smallest absolute Gasteiger partial charge is 0.247 e. The average molecular weight is 367 g/mol. The van der Waals surface area contributed by atoms with E-state index in [-0.39, 0.29) is 15.7 Å². The van der Waals surface area contributed by atoms with Crippen LogP contribution in [0.2, 0.25) is 0 Å². The van der Waals surface area contributed by atoms with E-state index in [9.17, 15) is 8.42 Å². The number of nitrogens with one attached hydrogen (secondary N) is 1. The second-order valence-electron chi connectivity index (χ2n) is 4.64. The Hall–Kier alpha value is -0.410. The molecule has 0 bridgehead atoms. The van der Waals surface area contributed by atoms with Crippen LogP contribution in [0.1, 0.15) is 19.1 Å². The van der Waals surface area contributed by atoms with Crippen molar-refractivity contribution in [2.45, 2.75) is 30.9 Å². The van der Waals surface area contributed by atoms with E-state index in [0.717, 1.165) is 13.0 Å². The van der Waals surface area contributed by atoms with Gasteiger partial charge < -0.3 is 14.5 Å². The van der Waals surface area contributed by atoms with Crippen LogP contribution in [-0.2, 0) is 21.3 Å². The molecule has 0 aromatic carbocycles. The van der Waals surface area contributed by atoms with Crippen molar-refractivity contribution < 1.29 is 17.6 Å². The van der Waals surface area contributed by atoms with Gasteiger partial charge in [-0.25, -0.2) is 8.42 Å². The van der Waals surface area contributed by atoms with Crippen molar-refractivity contribution in [3.63, 3.8) is 0 Å². The fourth-order valence-electron chi connectivity index (χ4n) is 2.16. The van der Waals surface area contributed by atoms with Crippen LogP contribution in [0, 0.1) is 0 Å². The Labute approximate surface area is 127 Å². The summed E-state index contributed by atoms with van der Waals surface area (Å²) in [5.74, 6) is 0.597. The minimum atomic E-state index is -3.53. The van der Waals surface area contributed by atoms with Crippen LogP contribution < -0.4 is 5.32 Å². The molecule has 1 fully saturated rings. The maximum atomic E-state index is 12.6. The first kappa shape index (κ1) is 16.0. The molecule has 20 heavy (non-hydrogen) atoms. The van der Waals surface area contributed by atoms with Crippen molar-refractivity contribution in [1.82, 2.24) is 9.62 Å². The molecule has 1 unspecified atom stereocenters. The van der Waals surface area contributed by atoms with Crippen molar-refractivity contribution in [3.8, 4) is 0 Å². The van der Waals surface area contributed by atoms with Crippen LogP contribution in [0.25, 0.3) is 0 Å². The number of sulfonamides is 1. The van der Waals surface area contributed by atoms with Gasteiger partial charge in [-0.15, -0.1) is 0 Å². The van der Waals surface area contributed by atoms with Gasteiger partial charge in [0.15, 0.2) is 4.67 Å². The average Bonchev–Trinajstić information content (AvgIpc) is 3.03. The van der Waals surface area contributed by atoms with Crippen molar-refractivity contribution in [3.05, 3.63) is 16.5 Å². The molecule has 1 aromatic rings. The Bertz CT molecular complexity index is 558. The predicted molar refractivity (Wildman–Crippen MR) is 78.0 cm³/mol. The lowest BCUT2D eigenvalue weighted by Gasteiger charge is -2.15. The van der Waals surface area contributed by atoms with Crippen LogP contribution >= 0.6 is 15.9 Å². The largest absolute Gasteiger partial charge is 0.452 e.